The van der Waals surface area contributed by atoms with Gasteiger partial charge in [0, 0.05) is 24.2 Å². The predicted molar refractivity (Wildman–Crippen MR) is 111 cm³/mol. The molecule has 0 saturated heterocycles. The van der Waals surface area contributed by atoms with E-state index >= 15 is 0 Å². The lowest BCUT2D eigenvalue weighted by atomic mass is 10.1. The number of rotatable bonds is 12. The molecule has 27 heavy (non-hydrogen) atoms. The molecule has 0 aliphatic rings. The second kappa shape index (κ2) is 12.5. The molecule has 0 unspecified atom stereocenters. The summed E-state index contributed by atoms with van der Waals surface area (Å²) >= 11 is 0. The van der Waals surface area contributed by atoms with Crippen molar-refractivity contribution in [3.05, 3.63) is 72.1 Å². The molecular weight excluding hydrogens is 338 g/mol. The zero-order valence-corrected chi connectivity index (χ0v) is 16.2. The number of carbonyl (C=O) groups is 2. The van der Waals surface area contributed by atoms with Crippen LogP contribution >= 0.6 is 0 Å². The lowest BCUT2D eigenvalue weighted by Gasteiger charge is -2.09. The number of aryl methyl sites for hydroxylation is 1. The van der Waals surface area contributed by atoms with Gasteiger partial charge in [-0.15, -0.1) is 0 Å². The number of hydrogen-bond acceptors (Lipinski definition) is 3. The summed E-state index contributed by atoms with van der Waals surface area (Å²) in [6, 6.07) is 7.73. The molecule has 0 saturated carbocycles. The lowest BCUT2D eigenvalue weighted by Crippen LogP contribution is -2.26. The largest absolute Gasteiger partial charge is 0.398 e. The van der Waals surface area contributed by atoms with Gasteiger partial charge in [0.05, 0.1) is 5.70 Å². The van der Waals surface area contributed by atoms with Crippen LogP contribution in [0.2, 0.25) is 0 Å². The molecule has 0 fully saturated rings. The van der Waals surface area contributed by atoms with E-state index in [1.54, 1.807) is 12.2 Å². The quantitative estimate of drug-likeness (QED) is 0.389. The van der Waals surface area contributed by atoms with Crippen LogP contribution in [0.3, 0.4) is 0 Å². The first kappa shape index (κ1) is 22.2. The summed E-state index contributed by atoms with van der Waals surface area (Å²) in [6.45, 7) is 9.92. The smallest absolute Gasteiger partial charge is 0.251 e. The molecule has 0 spiro atoms. The molecule has 1 aromatic carbocycles. The van der Waals surface area contributed by atoms with Gasteiger partial charge in [0.25, 0.3) is 5.91 Å². The van der Waals surface area contributed by atoms with E-state index in [-0.39, 0.29) is 11.8 Å². The van der Waals surface area contributed by atoms with E-state index in [0.29, 0.717) is 29.9 Å². The minimum atomic E-state index is -0.106. The molecule has 0 aromatic heterocycles. The van der Waals surface area contributed by atoms with Gasteiger partial charge < -0.3 is 16.4 Å². The highest BCUT2D eigenvalue weighted by atomic mass is 16.2. The highest BCUT2D eigenvalue weighted by molar-refractivity contribution is 5.94. The van der Waals surface area contributed by atoms with Gasteiger partial charge in [-0.25, -0.2) is 0 Å². The van der Waals surface area contributed by atoms with Crippen molar-refractivity contribution in [1.82, 2.24) is 10.6 Å². The molecule has 1 aromatic rings. The standard InChI is InChI=1S/C22H31N3O2/c1-4-9-18-12-14-19(15-13-18)22(27)24-16-8-6-7-11-21(26)25-20(10-5-2)17(3)23/h5,10,12-15H,2-4,6-9,11,16,23H2,1H3,(H,24,27)(H,25,26)/b20-10+. The Kier molecular flexibility index (Phi) is 10.3. The highest BCUT2D eigenvalue weighted by Gasteiger charge is 2.06. The van der Waals surface area contributed by atoms with E-state index in [2.05, 4.69) is 30.7 Å². The van der Waals surface area contributed by atoms with E-state index < -0.39 is 0 Å². The molecule has 1 rings (SSSR count). The van der Waals surface area contributed by atoms with E-state index in [4.69, 9.17) is 5.73 Å². The second-order valence-corrected chi connectivity index (χ2v) is 6.40. The van der Waals surface area contributed by atoms with Gasteiger partial charge in [0.2, 0.25) is 5.91 Å². The Morgan fingerprint density at radius 1 is 1.15 bits per heavy atom. The van der Waals surface area contributed by atoms with Crippen LogP contribution < -0.4 is 16.4 Å². The van der Waals surface area contributed by atoms with Crippen LogP contribution in [0.4, 0.5) is 0 Å². The van der Waals surface area contributed by atoms with E-state index in [1.807, 2.05) is 24.3 Å². The third kappa shape index (κ3) is 8.90. The first-order valence-electron chi connectivity index (χ1n) is 9.42. The predicted octanol–water partition coefficient (Wildman–Crippen LogP) is 3.59. The maximum atomic E-state index is 12.1. The molecule has 0 radical (unpaired) electrons. The number of benzene rings is 1. The number of unbranched alkanes of at least 4 members (excludes halogenated alkanes) is 2. The number of hydrogen-bond donors (Lipinski definition) is 3. The molecule has 5 heteroatoms. The Labute approximate surface area is 162 Å². The van der Waals surface area contributed by atoms with Gasteiger partial charge >= 0.3 is 0 Å². The Hall–Kier alpha value is -2.82. The van der Waals surface area contributed by atoms with Crippen LogP contribution in [-0.4, -0.2) is 18.4 Å². The summed E-state index contributed by atoms with van der Waals surface area (Å²) < 4.78 is 0. The van der Waals surface area contributed by atoms with Crippen molar-refractivity contribution in [2.75, 3.05) is 6.54 Å². The normalized spacial score (nSPS) is 10.9. The monoisotopic (exact) mass is 369 g/mol. The van der Waals surface area contributed by atoms with E-state index in [1.165, 1.54) is 5.56 Å². The topological polar surface area (TPSA) is 84.2 Å². The number of nitrogens with two attached hydrogens (primary N) is 1. The van der Waals surface area contributed by atoms with Crippen molar-refractivity contribution in [2.45, 2.75) is 45.4 Å². The third-order valence-electron chi connectivity index (χ3n) is 4.03. The molecule has 0 bridgehead atoms. The van der Waals surface area contributed by atoms with Gasteiger partial charge in [-0.3, -0.25) is 9.59 Å². The van der Waals surface area contributed by atoms with Crippen LogP contribution in [0.15, 0.2) is 61.0 Å². The van der Waals surface area contributed by atoms with Crippen LogP contribution in [0.5, 0.6) is 0 Å². The average Bonchev–Trinajstić information content (AvgIpc) is 2.64. The van der Waals surface area contributed by atoms with Gasteiger partial charge in [-0.05, 0) is 43.0 Å². The molecule has 0 aliphatic carbocycles. The Morgan fingerprint density at radius 2 is 1.85 bits per heavy atom. The first-order valence-corrected chi connectivity index (χ1v) is 9.42. The van der Waals surface area contributed by atoms with Gasteiger partial charge in [-0.2, -0.15) is 0 Å². The Morgan fingerprint density at radius 3 is 2.44 bits per heavy atom. The Bertz CT molecular complexity index is 675. The van der Waals surface area contributed by atoms with Crippen LogP contribution in [0, 0.1) is 0 Å². The van der Waals surface area contributed by atoms with Crippen molar-refractivity contribution in [3.8, 4) is 0 Å². The van der Waals surface area contributed by atoms with Crippen molar-refractivity contribution in [1.29, 1.82) is 0 Å². The average molecular weight is 370 g/mol. The van der Waals surface area contributed by atoms with Crippen molar-refractivity contribution < 1.29 is 9.59 Å². The van der Waals surface area contributed by atoms with E-state index in [9.17, 15) is 9.59 Å². The van der Waals surface area contributed by atoms with Gasteiger partial charge in [0.15, 0.2) is 0 Å². The third-order valence-corrected chi connectivity index (χ3v) is 4.03. The zero-order chi connectivity index (χ0) is 20.1. The molecule has 0 heterocycles. The SMILES string of the molecule is C=C/C=C(/NC(=O)CCCCCNC(=O)c1ccc(CCC)cc1)C(=C)N. The summed E-state index contributed by atoms with van der Waals surface area (Å²) in [6.07, 6.45) is 8.11. The van der Waals surface area contributed by atoms with Crippen LogP contribution in [0.1, 0.15) is 54.9 Å². The highest BCUT2D eigenvalue weighted by Crippen LogP contribution is 2.07. The van der Waals surface area contributed by atoms with Crippen LogP contribution in [0.25, 0.3) is 0 Å². The molecule has 5 nitrogen and oxygen atoms in total. The van der Waals surface area contributed by atoms with Gasteiger partial charge in [-0.1, -0.05) is 51.1 Å². The molecule has 2 amide bonds. The molecule has 0 atom stereocenters. The molecular formula is C22H31N3O2. The summed E-state index contributed by atoms with van der Waals surface area (Å²) in [5.41, 5.74) is 8.30. The minimum absolute atomic E-state index is 0.0588. The van der Waals surface area contributed by atoms with Crippen molar-refractivity contribution in [2.24, 2.45) is 5.73 Å². The molecule has 4 N–H and O–H groups in total. The minimum Gasteiger partial charge on any atom is -0.398 e. The summed E-state index contributed by atoms with van der Waals surface area (Å²) in [7, 11) is 0. The first-order chi connectivity index (χ1) is 13.0. The number of amides is 2. The lowest BCUT2D eigenvalue weighted by molar-refractivity contribution is -0.120. The maximum absolute atomic E-state index is 12.1. The second-order valence-electron chi connectivity index (χ2n) is 6.40. The maximum Gasteiger partial charge on any atom is 0.251 e. The van der Waals surface area contributed by atoms with E-state index in [0.717, 1.165) is 32.1 Å². The molecule has 0 aliphatic heterocycles. The zero-order valence-electron chi connectivity index (χ0n) is 16.2. The van der Waals surface area contributed by atoms with Crippen molar-refractivity contribution in [3.63, 3.8) is 0 Å². The summed E-state index contributed by atoms with van der Waals surface area (Å²) in [5.74, 6) is -0.164. The number of allylic oxidation sites excluding steroid dienone is 2. The fraction of sp³-hybridized carbons (Fsp3) is 0.364. The molecule has 146 valence electrons. The Balaban J connectivity index is 2.22. The number of nitrogens with one attached hydrogen (secondary N) is 2. The van der Waals surface area contributed by atoms with Gasteiger partial charge in [0.1, 0.15) is 0 Å². The van der Waals surface area contributed by atoms with Crippen LogP contribution in [-0.2, 0) is 11.2 Å². The summed E-state index contributed by atoms with van der Waals surface area (Å²) in [5, 5.41) is 5.63. The fourth-order valence-corrected chi connectivity index (χ4v) is 2.56. The fourth-order valence-electron chi connectivity index (χ4n) is 2.56. The van der Waals surface area contributed by atoms with Crippen molar-refractivity contribution >= 4 is 11.8 Å². The summed E-state index contributed by atoms with van der Waals surface area (Å²) in [4.78, 5) is 24.0. The number of carbonyl (C=O) groups excluding carboxylic acids is 2.